The molecular formula is C17H16ClFN2O2S3. The van der Waals surface area contributed by atoms with Crippen LogP contribution in [0.3, 0.4) is 0 Å². The van der Waals surface area contributed by atoms with Gasteiger partial charge in [0.2, 0.25) is 10.0 Å². The summed E-state index contributed by atoms with van der Waals surface area (Å²) in [6.45, 7) is 4.12. The number of nitrogens with zero attached hydrogens (tertiary/aromatic N) is 1. The summed E-state index contributed by atoms with van der Waals surface area (Å²) in [5, 5.41) is 2.98. The molecule has 0 spiro atoms. The highest BCUT2D eigenvalue weighted by molar-refractivity contribution is 7.91. The number of thiazole rings is 1. The Morgan fingerprint density at radius 1 is 1.27 bits per heavy atom. The Bertz CT molecular complexity index is 1030. The maximum Gasteiger partial charge on any atom is 0.250 e. The number of hydrogen-bond acceptors (Lipinski definition) is 5. The minimum atomic E-state index is -3.69. The summed E-state index contributed by atoms with van der Waals surface area (Å²) in [7, 11) is -3.69. The Labute approximate surface area is 164 Å². The number of hydrogen-bond donors (Lipinski definition) is 1. The molecule has 3 aromatic rings. The molecule has 138 valence electrons. The van der Waals surface area contributed by atoms with E-state index in [-0.39, 0.29) is 15.8 Å². The molecule has 2 heterocycles. The van der Waals surface area contributed by atoms with Crippen LogP contribution in [-0.2, 0) is 16.6 Å². The number of sulfonamides is 1. The number of nitrogens with one attached hydrogen (secondary N) is 1. The zero-order valence-electron chi connectivity index (χ0n) is 14.0. The van der Waals surface area contributed by atoms with Gasteiger partial charge < -0.3 is 0 Å². The zero-order valence-corrected chi connectivity index (χ0v) is 17.2. The lowest BCUT2D eigenvalue weighted by Gasteiger charge is -2.06. The SMILES string of the molecule is CC(C)c1csc(-c2ccc(S(=O)(=O)NCc3ccc(F)cc3Cl)s2)n1. The fourth-order valence-electron chi connectivity index (χ4n) is 2.15. The van der Waals surface area contributed by atoms with Crippen LogP contribution in [0.2, 0.25) is 5.02 Å². The van der Waals surface area contributed by atoms with Crippen molar-refractivity contribution in [2.24, 2.45) is 0 Å². The van der Waals surface area contributed by atoms with Crippen LogP contribution in [-0.4, -0.2) is 13.4 Å². The van der Waals surface area contributed by atoms with Crippen LogP contribution < -0.4 is 4.72 Å². The molecule has 0 saturated heterocycles. The lowest BCUT2D eigenvalue weighted by molar-refractivity contribution is 0.583. The average molecular weight is 431 g/mol. The van der Waals surface area contributed by atoms with Gasteiger partial charge >= 0.3 is 0 Å². The molecular weight excluding hydrogens is 415 g/mol. The first-order valence-corrected chi connectivity index (χ1v) is 11.3. The molecule has 0 saturated carbocycles. The molecule has 0 aliphatic carbocycles. The molecule has 1 N–H and O–H groups in total. The molecule has 0 radical (unpaired) electrons. The first-order valence-electron chi connectivity index (χ1n) is 7.75. The van der Waals surface area contributed by atoms with E-state index in [0.717, 1.165) is 33.0 Å². The van der Waals surface area contributed by atoms with Crippen molar-refractivity contribution in [2.75, 3.05) is 0 Å². The maximum absolute atomic E-state index is 13.1. The number of thiophene rings is 1. The fraction of sp³-hybridized carbons (Fsp3) is 0.235. The summed E-state index contributed by atoms with van der Waals surface area (Å²) in [6, 6.07) is 7.18. The molecule has 0 fully saturated rings. The second-order valence-electron chi connectivity index (χ2n) is 5.91. The number of benzene rings is 1. The third kappa shape index (κ3) is 4.32. The van der Waals surface area contributed by atoms with Gasteiger partial charge in [-0.15, -0.1) is 22.7 Å². The molecule has 0 atom stereocenters. The van der Waals surface area contributed by atoms with E-state index in [9.17, 15) is 12.8 Å². The van der Waals surface area contributed by atoms with Crippen molar-refractivity contribution < 1.29 is 12.8 Å². The van der Waals surface area contributed by atoms with Gasteiger partial charge in [-0.1, -0.05) is 31.5 Å². The Balaban J connectivity index is 1.76. The van der Waals surface area contributed by atoms with Gasteiger partial charge in [-0.3, -0.25) is 0 Å². The zero-order chi connectivity index (χ0) is 18.9. The van der Waals surface area contributed by atoms with Crippen molar-refractivity contribution in [1.29, 1.82) is 0 Å². The van der Waals surface area contributed by atoms with Gasteiger partial charge in [-0.2, -0.15) is 0 Å². The molecule has 0 aliphatic heterocycles. The predicted molar refractivity (Wildman–Crippen MR) is 105 cm³/mol. The van der Waals surface area contributed by atoms with E-state index >= 15 is 0 Å². The van der Waals surface area contributed by atoms with E-state index < -0.39 is 15.8 Å². The van der Waals surface area contributed by atoms with Crippen LogP contribution in [0.25, 0.3) is 9.88 Å². The lowest BCUT2D eigenvalue weighted by Crippen LogP contribution is -2.22. The highest BCUT2D eigenvalue weighted by Gasteiger charge is 2.19. The summed E-state index contributed by atoms with van der Waals surface area (Å²) in [6.07, 6.45) is 0. The maximum atomic E-state index is 13.1. The number of rotatable bonds is 6. The normalized spacial score (nSPS) is 12.0. The van der Waals surface area contributed by atoms with Gasteiger partial charge in [0.25, 0.3) is 0 Å². The third-order valence-corrected chi connectivity index (χ3v) is 8.00. The molecule has 9 heteroatoms. The molecule has 0 amide bonds. The van der Waals surface area contributed by atoms with Gasteiger partial charge in [0.15, 0.2) is 0 Å². The van der Waals surface area contributed by atoms with Gasteiger partial charge in [-0.05, 0) is 35.7 Å². The molecule has 3 rings (SSSR count). The predicted octanol–water partition coefficient (Wildman–Crippen LogP) is 5.27. The smallest absolute Gasteiger partial charge is 0.240 e. The van der Waals surface area contributed by atoms with Crippen LogP contribution in [0, 0.1) is 5.82 Å². The summed E-state index contributed by atoms with van der Waals surface area (Å²) in [4.78, 5) is 5.36. The Hall–Kier alpha value is -1.32. The number of halogens is 2. The Kier molecular flexibility index (Phi) is 5.78. The van der Waals surface area contributed by atoms with E-state index in [0.29, 0.717) is 11.5 Å². The molecule has 0 aliphatic rings. The minimum absolute atomic E-state index is 0.0105. The Morgan fingerprint density at radius 2 is 2.04 bits per heavy atom. The van der Waals surface area contributed by atoms with Gasteiger partial charge in [-0.25, -0.2) is 22.5 Å². The second-order valence-corrected chi connectivity index (χ2v) is 10.3. The van der Waals surface area contributed by atoms with E-state index in [2.05, 4.69) is 23.6 Å². The van der Waals surface area contributed by atoms with Crippen LogP contribution in [0.5, 0.6) is 0 Å². The van der Waals surface area contributed by atoms with Gasteiger partial charge in [0.1, 0.15) is 15.0 Å². The Morgan fingerprint density at radius 3 is 2.69 bits per heavy atom. The quantitative estimate of drug-likeness (QED) is 0.579. The summed E-state index contributed by atoms with van der Waals surface area (Å²) in [5.74, 6) is -0.140. The first-order chi connectivity index (χ1) is 12.3. The molecule has 2 aromatic heterocycles. The van der Waals surface area contributed by atoms with Crippen LogP contribution in [0.1, 0.15) is 31.0 Å². The number of aromatic nitrogens is 1. The van der Waals surface area contributed by atoms with E-state index in [1.165, 1.54) is 23.5 Å². The minimum Gasteiger partial charge on any atom is -0.240 e. The standard InChI is InChI=1S/C17H16ClFN2O2S3/c1-10(2)14-9-24-17(21-14)15-5-6-16(25-15)26(22,23)20-8-11-3-4-12(19)7-13(11)18/h3-7,9-10,20H,8H2,1-2H3. The summed E-state index contributed by atoms with van der Waals surface area (Å²) < 4.78 is 40.8. The van der Waals surface area contributed by atoms with Crippen molar-refractivity contribution in [3.8, 4) is 9.88 Å². The monoisotopic (exact) mass is 430 g/mol. The molecule has 26 heavy (non-hydrogen) atoms. The van der Waals surface area contributed by atoms with Crippen LogP contribution >= 0.6 is 34.3 Å². The highest BCUT2D eigenvalue weighted by Crippen LogP contribution is 2.34. The topological polar surface area (TPSA) is 59.1 Å². The van der Waals surface area contributed by atoms with E-state index in [4.69, 9.17) is 11.6 Å². The third-order valence-electron chi connectivity index (χ3n) is 3.64. The largest absolute Gasteiger partial charge is 0.250 e. The van der Waals surface area contributed by atoms with Crippen molar-refractivity contribution in [3.05, 3.63) is 57.8 Å². The van der Waals surface area contributed by atoms with E-state index in [1.54, 1.807) is 12.1 Å². The van der Waals surface area contributed by atoms with Crippen molar-refractivity contribution >= 4 is 44.3 Å². The van der Waals surface area contributed by atoms with Crippen molar-refractivity contribution in [2.45, 2.75) is 30.5 Å². The van der Waals surface area contributed by atoms with Crippen LogP contribution in [0.15, 0.2) is 39.9 Å². The average Bonchev–Trinajstić information content (AvgIpc) is 3.23. The molecule has 4 nitrogen and oxygen atoms in total. The highest BCUT2D eigenvalue weighted by atomic mass is 35.5. The first kappa shape index (κ1) is 19.4. The molecule has 0 bridgehead atoms. The fourth-order valence-corrected chi connectivity index (χ4v) is 5.80. The second kappa shape index (κ2) is 7.74. The lowest BCUT2D eigenvalue weighted by atomic mass is 10.2. The molecule has 0 unspecified atom stereocenters. The molecule has 1 aromatic carbocycles. The summed E-state index contributed by atoms with van der Waals surface area (Å²) >= 11 is 8.60. The van der Waals surface area contributed by atoms with Crippen molar-refractivity contribution in [3.63, 3.8) is 0 Å². The summed E-state index contributed by atoms with van der Waals surface area (Å²) in [5.41, 5.74) is 1.50. The van der Waals surface area contributed by atoms with Crippen LogP contribution in [0.4, 0.5) is 4.39 Å². The van der Waals surface area contributed by atoms with Crippen molar-refractivity contribution in [1.82, 2.24) is 9.71 Å². The van der Waals surface area contributed by atoms with E-state index in [1.807, 2.05) is 5.38 Å². The van der Waals surface area contributed by atoms with Gasteiger partial charge in [0.05, 0.1) is 10.6 Å². The van der Waals surface area contributed by atoms with Gasteiger partial charge in [0, 0.05) is 16.9 Å².